The highest BCUT2D eigenvalue weighted by molar-refractivity contribution is 6.08. The van der Waals surface area contributed by atoms with Gasteiger partial charge in [0.05, 0.1) is 12.1 Å². The molecule has 4 amide bonds. The number of rotatable bonds is 1. The number of carbonyl (C=O) groups excluding carboxylic acids is 3. The molecule has 2 fully saturated rings. The summed E-state index contributed by atoms with van der Waals surface area (Å²) in [6.07, 6.45) is 0.301. The van der Waals surface area contributed by atoms with Gasteiger partial charge in [-0.3, -0.25) is 14.9 Å². The maximum atomic E-state index is 12.4. The minimum atomic E-state index is -1.10. The Morgan fingerprint density at radius 3 is 2.71 bits per heavy atom. The summed E-state index contributed by atoms with van der Waals surface area (Å²) in [5.41, 5.74) is -1.14. The zero-order chi connectivity index (χ0) is 15.2. The third-order valence-corrected chi connectivity index (χ3v) is 3.78. The molecule has 110 valence electrons. The third-order valence-electron chi connectivity index (χ3n) is 3.78. The van der Waals surface area contributed by atoms with Gasteiger partial charge in [-0.25, -0.2) is 4.79 Å². The van der Waals surface area contributed by atoms with Gasteiger partial charge in [-0.2, -0.15) is 0 Å². The molecule has 0 aliphatic carbocycles. The lowest BCUT2D eigenvalue weighted by Gasteiger charge is -2.21. The summed E-state index contributed by atoms with van der Waals surface area (Å²) in [6, 6.07) is 3.07. The van der Waals surface area contributed by atoms with Gasteiger partial charge in [0.1, 0.15) is 17.0 Å². The minimum Gasteiger partial charge on any atom is -0.508 e. The highest BCUT2D eigenvalue weighted by Gasteiger charge is 2.51. The van der Waals surface area contributed by atoms with Gasteiger partial charge in [0.15, 0.2) is 0 Å². The number of imide groups is 1. The average molecular weight is 291 g/mol. The second kappa shape index (κ2) is 4.37. The van der Waals surface area contributed by atoms with Gasteiger partial charge in [0.2, 0.25) is 0 Å². The van der Waals surface area contributed by atoms with Crippen LogP contribution in [0, 0.1) is 0 Å². The minimum absolute atomic E-state index is 0.0263. The van der Waals surface area contributed by atoms with Crippen LogP contribution in [0.2, 0.25) is 0 Å². The van der Waals surface area contributed by atoms with Gasteiger partial charge in [-0.05, 0) is 24.6 Å². The lowest BCUT2D eigenvalue weighted by molar-refractivity contribution is -0.123. The highest BCUT2D eigenvalue weighted by atomic mass is 16.3. The van der Waals surface area contributed by atoms with Crippen molar-refractivity contribution in [3.05, 3.63) is 23.8 Å². The van der Waals surface area contributed by atoms with Gasteiger partial charge in [-0.15, -0.1) is 0 Å². The molecule has 2 aliphatic rings. The Labute approximate surface area is 119 Å². The molecule has 2 heterocycles. The average Bonchev–Trinajstić information content (AvgIpc) is 2.97. The van der Waals surface area contributed by atoms with E-state index in [0.717, 1.165) is 6.07 Å². The van der Waals surface area contributed by atoms with Crippen molar-refractivity contribution in [1.82, 2.24) is 15.5 Å². The van der Waals surface area contributed by atoms with Crippen LogP contribution in [0.1, 0.15) is 16.8 Å². The van der Waals surface area contributed by atoms with E-state index < -0.39 is 23.4 Å². The molecular formula is C13H13N3O5. The molecule has 1 aromatic rings. The van der Waals surface area contributed by atoms with Crippen LogP contribution < -0.4 is 10.6 Å². The molecule has 1 aromatic carbocycles. The molecule has 21 heavy (non-hydrogen) atoms. The fourth-order valence-electron chi connectivity index (χ4n) is 2.66. The summed E-state index contributed by atoms with van der Waals surface area (Å²) in [4.78, 5) is 36.8. The smallest absolute Gasteiger partial charge is 0.322 e. The van der Waals surface area contributed by atoms with E-state index in [9.17, 15) is 24.6 Å². The molecule has 4 N–H and O–H groups in total. The summed E-state index contributed by atoms with van der Waals surface area (Å²) >= 11 is 0. The molecule has 0 bridgehead atoms. The van der Waals surface area contributed by atoms with Crippen molar-refractivity contribution in [3.8, 4) is 11.5 Å². The Bertz CT molecular complexity index is 659. The van der Waals surface area contributed by atoms with Gasteiger partial charge in [-0.1, -0.05) is 0 Å². The number of benzene rings is 1. The molecule has 3 rings (SSSR count). The summed E-state index contributed by atoms with van der Waals surface area (Å²) in [5, 5.41) is 23.8. The fourth-order valence-corrected chi connectivity index (χ4v) is 2.66. The van der Waals surface area contributed by atoms with Crippen molar-refractivity contribution >= 4 is 17.8 Å². The molecule has 0 radical (unpaired) electrons. The van der Waals surface area contributed by atoms with E-state index in [-0.39, 0.29) is 30.2 Å². The predicted octanol–water partition coefficient (Wildman–Crippen LogP) is -0.478. The van der Waals surface area contributed by atoms with E-state index in [4.69, 9.17) is 0 Å². The highest BCUT2D eigenvalue weighted by Crippen LogP contribution is 2.29. The second-order valence-corrected chi connectivity index (χ2v) is 5.17. The van der Waals surface area contributed by atoms with E-state index in [2.05, 4.69) is 10.6 Å². The van der Waals surface area contributed by atoms with E-state index in [1.54, 1.807) is 0 Å². The van der Waals surface area contributed by atoms with E-state index in [0.29, 0.717) is 6.42 Å². The lowest BCUT2D eigenvalue weighted by Crippen LogP contribution is -2.49. The number of hydrogen-bond donors (Lipinski definition) is 4. The first-order valence-electron chi connectivity index (χ1n) is 6.36. The Kier molecular flexibility index (Phi) is 2.75. The molecule has 1 atom stereocenters. The predicted molar refractivity (Wildman–Crippen MR) is 69.7 cm³/mol. The number of hydrogen-bond acceptors (Lipinski definition) is 5. The number of carbonyl (C=O) groups is 3. The van der Waals surface area contributed by atoms with Crippen molar-refractivity contribution in [2.45, 2.75) is 12.0 Å². The van der Waals surface area contributed by atoms with Gasteiger partial charge in [0, 0.05) is 6.54 Å². The van der Waals surface area contributed by atoms with E-state index in [1.165, 1.54) is 17.0 Å². The summed E-state index contributed by atoms with van der Waals surface area (Å²) < 4.78 is 0. The molecule has 0 saturated carbocycles. The Morgan fingerprint density at radius 1 is 1.29 bits per heavy atom. The Hall–Kier alpha value is -2.77. The Balaban J connectivity index is 1.83. The largest absolute Gasteiger partial charge is 0.508 e. The van der Waals surface area contributed by atoms with Crippen molar-refractivity contribution in [2.75, 3.05) is 13.1 Å². The standard InChI is InChI=1S/C13H13N3O5/c17-7-1-2-9(18)8(5-7)10(19)16-4-3-13(6-16)11(20)14-12(21)15-13/h1-2,5,17-18H,3-4,6H2,(H2,14,15,20,21). The maximum absolute atomic E-state index is 12.4. The number of nitrogens with zero attached hydrogens (tertiary/aromatic N) is 1. The first kappa shape index (κ1) is 13.2. The van der Waals surface area contributed by atoms with E-state index >= 15 is 0 Å². The van der Waals surface area contributed by atoms with Crippen LogP contribution >= 0.6 is 0 Å². The van der Waals surface area contributed by atoms with Crippen LogP contribution in [-0.2, 0) is 4.79 Å². The van der Waals surface area contributed by atoms with Crippen LogP contribution in [0.3, 0.4) is 0 Å². The number of aromatic hydroxyl groups is 2. The topological polar surface area (TPSA) is 119 Å². The number of amides is 4. The lowest BCUT2D eigenvalue weighted by atomic mass is 9.99. The van der Waals surface area contributed by atoms with Crippen LogP contribution in [0.4, 0.5) is 4.79 Å². The summed E-state index contributed by atoms with van der Waals surface area (Å²) in [6.45, 7) is 0.292. The number of nitrogens with one attached hydrogen (secondary N) is 2. The number of phenolic OH excluding ortho intramolecular Hbond substituents is 2. The van der Waals surface area contributed by atoms with Gasteiger partial charge < -0.3 is 20.4 Å². The maximum Gasteiger partial charge on any atom is 0.322 e. The fraction of sp³-hybridized carbons (Fsp3) is 0.308. The van der Waals surface area contributed by atoms with Crippen molar-refractivity contribution < 1.29 is 24.6 Å². The first-order valence-corrected chi connectivity index (χ1v) is 6.36. The van der Waals surface area contributed by atoms with Crippen LogP contribution in [0.25, 0.3) is 0 Å². The van der Waals surface area contributed by atoms with Crippen LogP contribution in [-0.4, -0.2) is 51.6 Å². The van der Waals surface area contributed by atoms with E-state index in [1.807, 2.05) is 0 Å². The third kappa shape index (κ3) is 2.04. The molecular weight excluding hydrogens is 278 g/mol. The van der Waals surface area contributed by atoms with Gasteiger partial charge in [0.25, 0.3) is 11.8 Å². The molecule has 1 spiro atoms. The number of phenols is 2. The Morgan fingerprint density at radius 2 is 2.05 bits per heavy atom. The van der Waals surface area contributed by atoms with Crippen molar-refractivity contribution in [1.29, 1.82) is 0 Å². The molecule has 1 unspecified atom stereocenters. The molecule has 2 saturated heterocycles. The molecule has 8 nitrogen and oxygen atoms in total. The normalized spacial score (nSPS) is 24.3. The number of urea groups is 1. The second-order valence-electron chi connectivity index (χ2n) is 5.17. The first-order chi connectivity index (χ1) is 9.91. The van der Waals surface area contributed by atoms with Crippen molar-refractivity contribution in [3.63, 3.8) is 0 Å². The number of likely N-dealkylation sites (tertiary alicyclic amines) is 1. The van der Waals surface area contributed by atoms with Crippen molar-refractivity contribution in [2.24, 2.45) is 0 Å². The zero-order valence-electron chi connectivity index (χ0n) is 10.9. The van der Waals surface area contributed by atoms with Gasteiger partial charge >= 0.3 is 6.03 Å². The molecule has 2 aliphatic heterocycles. The van der Waals surface area contributed by atoms with Crippen LogP contribution in [0.15, 0.2) is 18.2 Å². The quantitative estimate of drug-likeness (QED) is 0.412. The zero-order valence-corrected chi connectivity index (χ0v) is 10.9. The monoisotopic (exact) mass is 291 g/mol. The summed E-state index contributed by atoms with van der Waals surface area (Å²) in [7, 11) is 0. The van der Waals surface area contributed by atoms with Crippen LogP contribution in [0.5, 0.6) is 11.5 Å². The molecule has 0 aromatic heterocycles. The summed E-state index contributed by atoms with van der Waals surface area (Å²) in [5.74, 6) is -1.35. The molecule has 8 heteroatoms. The SMILES string of the molecule is O=C1NC(=O)C2(CCN(C(=O)c3cc(O)ccc3O)C2)N1.